The van der Waals surface area contributed by atoms with Crippen LogP contribution in [0.4, 0.5) is 10.1 Å². The van der Waals surface area contributed by atoms with Gasteiger partial charge in [-0.15, -0.1) is 0 Å². The van der Waals surface area contributed by atoms with Crippen molar-refractivity contribution in [2.75, 3.05) is 38.2 Å². The first kappa shape index (κ1) is 12.3. The molecule has 4 heteroatoms. The largest absolute Gasteiger partial charge is 0.374 e. The SMILES string of the molecule is CNCCC1CN(c2cccc(F)c2)CCO1. The predicted octanol–water partition coefficient (Wildman–Crippen LogP) is 1.64. The number of nitrogens with one attached hydrogen (secondary N) is 1. The number of ether oxygens (including phenoxy) is 1. The van der Waals surface area contributed by atoms with Crippen LogP contribution < -0.4 is 10.2 Å². The molecule has 1 saturated heterocycles. The Morgan fingerprint density at radius 2 is 2.41 bits per heavy atom. The lowest BCUT2D eigenvalue weighted by Gasteiger charge is -2.34. The highest BCUT2D eigenvalue weighted by Gasteiger charge is 2.20. The molecule has 0 radical (unpaired) electrons. The lowest BCUT2D eigenvalue weighted by molar-refractivity contribution is 0.0357. The Morgan fingerprint density at radius 1 is 1.53 bits per heavy atom. The van der Waals surface area contributed by atoms with Crippen LogP contribution in [0.1, 0.15) is 6.42 Å². The molecular weight excluding hydrogens is 219 g/mol. The van der Waals surface area contributed by atoms with Crippen molar-refractivity contribution in [3.8, 4) is 0 Å². The predicted molar refractivity (Wildman–Crippen MR) is 66.9 cm³/mol. The first-order chi connectivity index (χ1) is 8.29. The van der Waals surface area contributed by atoms with Crippen LogP contribution in [-0.2, 0) is 4.74 Å². The monoisotopic (exact) mass is 238 g/mol. The number of morpholine rings is 1. The highest BCUT2D eigenvalue weighted by Crippen LogP contribution is 2.19. The maximum Gasteiger partial charge on any atom is 0.125 e. The van der Waals surface area contributed by atoms with Crippen molar-refractivity contribution in [2.45, 2.75) is 12.5 Å². The van der Waals surface area contributed by atoms with E-state index in [4.69, 9.17) is 4.74 Å². The van der Waals surface area contributed by atoms with Gasteiger partial charge in [0, 0.05) is 18.8 Å². The first-order valence-corrected chi connectivity index (χ1v) is 6.06. The molecule has 0 aliphatic carbocycles. The third-order valence-corrected chi connectivity index (χ3v) is 3.03. The van der Waals surface area contributed by atoms with Gasteiger partial charge in [-0.05, 0) is 38.2 Å². The van der Waals surface area contributed by atoms with E-state index in [9.17, 15) is 4.39 Å². The van der Waals surface area contributed by atoms with Crippen molar-refractivity contribution in [3.63, 3.8) is 0 Å². The van der Waals surface area contributed by atoms with Crippen molar-refractivity contribution in [1.82, 2.24) is 5.32 Å². The molecule has 1 aromatic rings. The average Bonchev–Trinajstić information content (AvgIpc) is 2.37. The zero-order valence-electron chi connectivity index (χ0n) is 10.2. The Hall–Kier alpha value is -1.13. The summed E-state index contributed by atoms with van der Waals surface area (Å²) in [7, 11) is 1.94. The molecule has 3 nitrogen and oxygen atoms in total. The fraction of sp³-hybridized carbons (Fsp3) is 0.538. The van der Waals surface area contributed by atoms with Crippen LogP contribution >= 0.6 is 0 Å². The van der Waals surface area contributed by atoms with E-state index in [1.54, 1.807) is 12.1 Å². The summed E-state index contributed by atoms with van der Waals surface area (Å²) in [4.78, 5) is 2.19. The molecule has 1 aromatic carbocycles. The van der Waals surface area contributed by atoms with Crippen LogP contribution in [0.3, 0.4) is 0 Å². The standard InChI is InChI=1S/C13H19FN2O/c1-15-6-5-13-10-16(7-8-17-13)12-4-2-3-11(14)9-12/h2-4,9,13,15H,5-8,10H2,1H3. The molecule has 17 heavy (non-hydrogen) atoms. The van der Waals surface area contributed by atoms with Gasteiger partial charge in [0.25, 0.3) is 0 Å². The van der Waals surface area contributed by atoms with Crippen LogP contribution in [0, 0.1) is 5.82 Å². The van der Waals surface area contributed by atoms with Gasteiger partial charge in [-0.2, -0.15) is 0 Å². The Balaban J connectivity index is 1.97. The molecule has 0 spiro atoms. The van der Waals surface area contributed by atoms with Gasteiger partial charge in [0.05, 0.1) is 12.7 Å². The number of nitrogens with zero attached hydrogens (tertiary/aromatic N) is 1. The van der Waals surface area contributed by atoms with Crippen molar-refractivity contribution < 1.29 is 9.13 Å². The summed E-state index contributed by atoms with van der Waals surface area (Å²) in [5.74, 6) is -0.180. The van der Waals surface area contributed by atoms with Crippen LogP contribution in [0.2, 0.25) is 0 Å². The summed E-state index contributed by atoms with van der Waals surface area (Å²) in [6.45, 7) is 3.33. The summed E-state index contributed by atoms with van der Waals surface area (Å²) >= 11 is 0. The molecule has 1 aliphatic heterocycles. The molecule has 0 amide bonds. The molecular formula is C13H19FN2O. The van der Waals surface area contributed by atoms with Crippen LogP contribution in [0.5, 0.6) is 0 Å². The second-order valence-corrected chi connectivity index (χ2v) is 4.31. The third-order valence-electron chi connectivity index (χ3n) is 3.03. The minimum absolute atomic E-state index is 0.180. The average molecular weight is 238 g/mol. The number of halogens is 1. The molecule has 0 bridgehead atoms. The lowest BCUT2D eigenvalue weighted by Crippen LogP contribution is -2.43. The van der Waals surface area contributed by atoms with E-state index in [2.05, 4.69) is 10.2 Å². The lowest BCUT2D eigenvalue weighted by atomic mass is 10.2. The highest BCUT2D eigenvalue weighted by molar-refractivity contribution is 5.46. The van der Waals surface area contributed by atoms with E-state index < -0.39 is 0 Å². The molecule has 94 valence electrons. The molecule has 0 saturated carbocycles. The Labute approximate surface area is 102 Å². The van der Waals surface area contributed by atoms with Crippen molar-refractivity contribution in [1.29, 1.82) is 0 Å². The van der Waals surface area contributed by atoms with Gasteiger partial charge in [0.1, 0.15) is 5.82 Å². The summed E-state index contributed by atoms with van der Waals surface area (Å²) in [6.07, 6.45) is 1.22. The second-order valence-electron chi connectivity index (χ2n) is 4.31. The Bertz CT molecular complexity index is 359. The Morgan fingerprint density at radius 3 is 3.18 bits per heavy atom. The minimum atomic E-state index is -0.180. The van der Waals surface area contributed by atoms with Gasteiger partial charge >= 0.3 is 0 Å². The first-order valence-electron chi connectivity index (χ1n) is 6.06. The van der Waals surface area contributed by atoms with E-state index in [1.807, 2.05) is 13.1 Å². The molecule has 1 N–H and O–H groups in total. The third kappa shape index (κ3) is 3.41. The fourth-order valence-electron chi connectivity index (χ4n) is 2.11. The fourth-order valence-corrected chi connectivity index (χ4v) is 2.11. The zero-order valence-corrected chi connectivity index (χ0v) is 10.2. The van der Waals surface area contributed by atoms with Crippen molar-refractivity contribution in [2.24, 2.45) is 0 Å². The van der Waals surface area contributed by atoms with Gasteiger partial charge in [-0.1, -0.05) is 6.07 Å². The quantitative estimate of drug-likeness (QED) is 0.863. The maximum atomic E-state index is 13.2. The van der Waals surface area contributed by atoms with Crippen LogP contribution in [-0.4, -0.2) is 39.4 Å². The van der Waals surface area contributed by atoms with E-state index in [-0.39, 0.29) is 11.9 Å². The number of rotatable bonds is 4. The van der Waals surface area contributed by atoms with Gasteiger partial charge in [-0.3, -0.25) is 0 Å². The number of benzene rings is 1. The molecule has 2 rings (SSSR count). The van der Waals surface area contributed by atoms with E-state index >= 15 is 0 Å². The number of anilines is 1. The van der Waals surface area contributed by atoms with E-state index in [0.29, 0.717) is 6.61 Å². The summed E-state index contributed by atoms with van der Waals surface area (Å²) in [5.41, 5.74) is 0.947. The maximum absolute atomic E-state index is 13.2. The van der Waals surface area contributed by atoms with Crippen molar-refractivity contribution >= 4 is 5.69 Å². The zero-order chi connectivity index (χ0) is 12.1. The van der Waals surface area contributed by atoms with E-state index in [1.165, 1.54) is 6.07 Å². The number of hydrogen-bond donors (Lipinski definition) is 1. The Kier molecular flexibility index (Phi) is 4.34. The van der Waals surface area contributed by atoms with Gasteiger partial charge < -0.3 is 15.0 Å². The van der Waals surface area contributed by atoms with Gasteiger partial charge in [0.15, 0.2) is 0 Å². The second kappa shape index (κ2) is 5.98. The summed E-state index contributed by atoms with van der Waals surface area (Å²) < 4.78 is 18.8. The molecule has 1 aliphatic rings. The highest BCUT2D eigenvalue weighted by atomic mass is 19.1. The summed E-state index contributed by atoms with van der Waals surface area (Å²) in [6, 6.07) is 6.76. The topological polar surface area (TPSA) is 24.5 Å². The number of hydrogen-bond acceptors (Lipinski definition) is 3. The van der Waals surface area contributed by atoms with Gasteiger partial charge in [-0.25, -0.2) is 4.39 Å². The smallest absolute Gasteiger partial charge is 0.125 e. The summed E-state index contributed by atoms with van der Waals surface area (Å²) in [5, 5.41) is 3.12. The van der Waals surface area contributed by atoms with Crippen LogP contribution in [0.25, 0.3) is 0 Å². The van der Waals surface area contributed by atoms with Crippen molar-refractivity contribution in [3.05, 3.63) is 30.1 Å². The van der Waals surface area contributed by atoms with Gasteiger partial charge in [0.2, 0.25) is 0 Å². The molecule has 1 heterocycles. The normalized spacial score (nSPS) is 20.6. The molecule has 1 atom stereocenters. The molecule has 0 aromatic heterocycles. The minimum Gasteiger partial charge on any atom is -0.374 e. The molecule has 1 unspecified atom stereocenters. The van der Waals surface area contributed by atoms with E-state index in [0.717, 1.165) is 31.7 Å². The van der Waals surface area contributed by atoms with Crippen LogP contribution in [0.15, 0.2) is 24.3 Å². The molecule has 1 fully saturated rings.